The Labute approximate surface area is 95.2 Å². The number of hydrogen-bond acceptors (Lipinski definition) is 3. The highest BCUT2D eigenvalue weighted by atomic mass is 32.2. The molecule has 0 radical (unpaired) electrons. The SMILES string of the molecule is CC(NS(=O)(=O)Cc1ccccc1)C(=N)N. The van der Waals surface area contributed by atoms with Gasteiger partial charge in [0.25, 0.3) is 0 Å². The van der Waals surface area contributed by atoms with E-state index in [1.807, 2.05) is 6.07 Å². The fourth-order valence-electron chi connectivity index (χ4n) is 1.17. The van der Waals surface area contributed by atoms with Crippen molar-refractivity contribution in [3.63, 3.8) is 0 Å². The molecule has 1 unspecified atom stereocenters. The fourth-order valence-corrected chi connectivity index (χ4v) is 2.55. The molecular weight excluding hydrogens is 226 g/mol. The molecule has 6 heteroatoms. The number of benzene rings is 1. The van der Waals surface area contributed by atoms with E-state index in [2.05, 4.69) is 4.72 Å². The summed E-state index contributed by atoms with van der Waals surface area (Å²) in [7, 11) is -3.45. The van der Waals surface area contributed by atoms with Crippen molar-refractivity contribution < 1.29 is 8.42 Å². The third-order valence-electron chi connectivity index (χ3n) is 2.02. The van der Waals surface area contributed by atoms with E-state index < -0.39 is 16.1 Å². The molecule has 0 heterocycles. The molecule has 1 aromatic rings. The van der Waals surface area contributed by atoms with Crippen molar-refractivity contribution in [2.24, 2.45) is 5.73 Å². The van der Waals surface area contributed by atoms with Gasteiger partial charge in [0.2, 0.25) is 10.0 Å². The predicted molar refractivity (Wildman–Crippen MR) is 63.6 cm³/mol. The van der Waals surface area contributed by atoms with Gasteiger partial charge in [0.05, 0.1) is 11.8 Å². The summed E-state index contributed by atoms with van der Waals surface area (Å²) in [6.45, 7) is 1.53. The molecule has 0 fully saturated rings. The van der Waals surface area contributed by atoms with Crippen molar-refractivity contribution in [3.8, 4) is 0 Å². The number of nitrogens with one attached hydrogen (secondary N) is 2. The minimum atomic E-state index is -3.45. The van der Waals surface area contributed by atoms with Gasteiger partial charge < -0.3 is 5.73 Å². The van der Waals surface area contributed by atoms with Crippen molar-refractivity contribution in [1.29, 1.82) is 5.41 Å². The first-order valence-electron chi connectivity index (χ1n) is 4.78. The van der Waals surface area contributed by atoms with Gasteiger partial charge in [-0.15, -0.1) is 0 Å². The van der Waals surface area contributed by atoms with Crippen molar-refractivity contribution in [3.05, 3.63) is 35.9 Å². The summed E-state index contributed by atoms with van der Waals surface area (Å²) in [5.74, 6) is -0.303. The summed E-state index contributed by atoms with van der Waals surface area (Å²) < 4.78 is 25.6. The van der Waals surface area contributed by atoms with Crippen molar-refractivity contribution in [2.75, 3.05) is 0 Å². The van der Waals surface area contributed by atoms with Gasteiger partial charge >= 0.3 is 0 Å². The second-order valence-electron chi connectivity index (χ2n) is 3.54. The van der Waals surface area contributed by atoms with E-state index in [4.69, 9.17) is 11.1 Å². The molecule has 0 saturated heterocycles. The number of rotatable bonds is 5. The normalized spacial score (nSPS) is 13.3. The Morgan fingerprint density at radius 1 is 1.44 bits per heavy atom. The van der Waals surface area contributed by atoms with Gasteiger partial charge in [0.1, 0.15) is 5.84 Å². The molecule has 0 aromatic heterocycles. The Hall–Kier alpha value is -1.40. The van der Waals surface area contributed by atoms with Crippen LogP contribution >= 0.6 is 0 Å². The molecule has 0 spiro atoms. The zero-order valence-corrected chi connectivity index (χ0v) is 9.79. The van der Waals surface area contributed by atoms with Crippen molar-refractivity contribution in [1.82, 2.24) is 4.72 Å². The van der Waals surface area contributed by atoms with E-state index >= 15 is 0 Å². The molecule has 0 bridgehead atoms. The number of sulfonamides is 1. The first-order valence-corrected chi connectivity index (χ1v) is 6.44. The number of nitrogens with two attached hydrogens (primary N) is 1. The minimum absolute atomic E-state index is 0.106. The maximum atomic E-state index is 11.7. The molecule has 16 heavy (non-hydrogen) atoms. The maximum absolute atomic E-state index is 11.7. The molecule has 0 aliphatic heterocycles. The van der Waals surface area contributed by atoms with Gasteiger partial charge in [-0.1, -0.05) is 30.3 Å². The zero-order valence-electron chi connectivity index (χ0n) is 8.97. The molecular formula is C10H15N3O2S. The molecule has 1 rings (SSSR count). The monoisotopic (exact) mass is 241 g/mol. The summed E-state index contributed by atoms with van der Waals surface area (Å²) >= 11 is 0. The summed E-state index contributed by atoms with van der Waals surface area (Å²) in [5, 5.41) is 7.11. The fraction of sp³-hybridized carbons (Fsp3) is 0.300. The van der Waals surface area contributed by atoms with E-state index in [1.54, 1.807) is 24.3 Å². The van der Waals surface area contributed by atoms with Crippen LogP contribution in [0.25, 0.3) is 0 Å². The molecule has 1 aromatic carbocycles. The van der Waals surface area contributed by atoms with Gasteiger partial charge in [-0.3, -0.25) is 5.41 Å². The van der Waals surface area contributed by atoms with Crippen LogP contribution in [0.3, 0.4) is 0 Å². The Kier molecular flexibility index (Phi) is 4.03. The highest BCUT2D eigenvalue weighted by molar-refractivity contribution is 7.88. The first kappa shape index (κ1) is 12.7. The smallest absolute Gasteiger partial charge is 0.216 e. The van der Waals surface area contributed by atoms with Crippen LogP contribution in [-0.2, 0) is 15.8 Å². The van der Waals surface area contributed by atoms with Crippen LogP contribution in [0.2, 0.25) is 0 Å². The molecule has 5 nitrogen and oxygen atoms in total. The van der Waals surface area contributed by atoms with Gasteiger partial charge in [0.15, 0.2) is 0 Å². The first-order chi connectivity index (χ1) is 7.41. The van der Waals surface area contributed by atoms with Crippen molar-refractivity contribution in [2.45, 2.75) is 18.7 Å². The second kappa shape index (κ2) is 5.09. The van der Waals surface area contributed by atoms with Gasteiger partial charge in [-0.25, -0.2) is 13.1 Å². The van der Waals surface area contributed by atoms with Crippen LogP contribution in [0.15, 0.2) is 30.3 Å². The quantitative estimate of drug-likeness (QED) is 0.515. The molecule has 0 amide bonds. The zero-order chi connectivity index (χ0) is 12.2. The summed E-state index contributed by atoms with van der Waals surface area (Å²) in [6, 6.07) is 8.17. The highest BCUT2D eigenvalue weighted by Gasteiger charge is 2.16. The molecule has 0 aliphatic carbocycles. The van der Waals surface area contributed by atoms with Crippen LogP contribution in [0, 0.1) is 5.41 Å². The molecule has 0 aliphatic rings. The average Bonchev–Trinajstić information content (AvgIpc) is 2.17. The second-order valence-corrected chi connectivity index (χ2v) is 5.29. The summed E-state index contributed by atoms with van der Waals surface area (Å²) in [5.41, 5.74) is 5.89. The summed E-state index contributed by atoms with van der Waals surface area (Å²) in [6.07, 6.45) is 0. The average molecular weight is 241 g/mol. The Balaban J connectivity index is 2.70. The third kappa shape index (κ3) is 4.00. The van der Waals surface area contributed by atoms with E-state index in [0.717, 1.165) is 0 Å². The van der Waals surface area contributed by atoms with Crippen molar-refractivity contribution >= 4 is 15.9 Å². The van der Waals surface area contributed by atoms with Crippen LogP contribution in [0.4, 0.5) is 0 Å². The van der Waals surface area contributed by atoms with Crippen LogP contribution < -0.4 is 10.5 Å². The number of hydrogen-bond donors (Lipinski definition) is 3. The lowest BCUT2D eigenvalue weighted by atomic mass is 10.2. The lowest BCUT2D eigenvalue weighted by Crippen LogP contribution is -2.42. The van der Waals surface area contributed by atoms with Gasteiger partial charge in [0, 0.05) is 0 Å². The van der Waals surface area contributed by atoms with Crippen LogP contribution in [0.5, 0.6) is 0 Å². The number of amidine groups is 1. The van der Waals surface area contributed by atoms with Gasteiger partial charge in [-0.05, 0) is 12.5 Å². The Bertz CT molecular complexity index is 456. The predicted octanol–water partition coefficient (Wildman–Crippen LogP) is 0.430. The van der Waals surface area contributed by atoms with E-state index in [-0.39, 0.29) is 11.6 Å². The molecule has 4 N–H and O–H groups in total. The van der Waals surface area contributed by atoms with Crippen LogP contribution in [-0.4, -0.2) is 20.3 Å². The Morgan fingerprint density at radius 3 is 2.50 bits per heavy atom. The minimum Gasteiger partial charge on any atom is -0.386 e. The largest absolute Gasteiger partial charge is 0.386 e. The van der Waals surface area contributed by atoms with Gasteiger partial charge in [-0.2, -0.15) is 0 Å². The maximum Gasteiger partial charge on any atom is 0.216 e. The standard InChI is InChI=1S/C10H15N3O2S/c1-8(10(11)12)13-16(14,15)7-9-5-3-2-4-6-9/h2-6,8,13H,7H2,1H3,(H3,11,12). The van der Waals surface area contributed by atoms with E-state index in [0.29, 0.717) is 5.56 Å². The third-order valence-corrected chi connectivity index (χ3v) is 3.45. The molecule has 88 valence electrons. The molecule has 1 atom stereocenters. The summed E-state index contributed by atoms with van der Waals surface area (Å²) in [4.78, 5) is 0. The van der Waals surface area contributed by atoms with Crippen LogP contribution in [0.1, 0.15) is 12.5 Å². The topological polar surface area (TPSA) is 96.0 Å². The highest BCUT2D eigenvalue weighted by Crippen LogP contribution is 2.04. The lowest BCUT2D eigenvalue weighted by Gasteiger charge is -2.12. The van der Waals surface area contributed by atoms with E-state index in [9.17, 15) is 8.42 Å². The molecule has 0 saturated carbocycles. The van der Waals surface area contributed by atoms with E-state index in [1.165, 1.54) is 6.92 Å². The lowest BCUT2D eigenvalue weighted by molar-refractivity contribution is 0.577. The Morgan fingerprint density at radius 2 is 2.00 bits per heavy atom.